The summed E-state index contributed by atoms with van der Waals surface area (Å²) in [5.41, 5.74) is 2.89. The normalized spacial score (nSPS) is 10.5. The summed E-state index contributed by atoms with van der Waals surface area (Å²) in [6.45, 7) is 0. The molecule has 0 bridgehead atoms. The van der Waals surface area contributed by atoms with Crippen molar-refractivity contribution in [3.8, 4) is 34.1 Å². The van der Waals surface area contributed by atoms with Crippen LogP contribution in [0.4, 0.5) is 5.69 Å². The fourth-order valence-electron chi connectivity index (χ4n) is 3.10. The van der Waals surface area contributed by atoms with Crippen molar-refractivity contribution in [2.75, 3.05) is 19.5 Å². The highest BCUT2D eigenvalue weighted by molar-refractivity contribution is 6.32. The van der Waals surface area contributed by atoms with Crippen LogP contribution in [0, 0.1) is 0 Å². The number of carbonyl (C=O) groups is 1. The quantitative estimate of drug-likeness (QED) is 0.442. The molecule has 2 aromatic carbocycles. The van der Waals surface area contributed by atoms with Crippen molar-refractivity contribution in [2.24, 2.45) is 0 Å². The molecule has 0 unspecified atom stereocenters. The maximum Gasteiger partial charge on any atom is 0.259 e. The van der Waals surface area contributed by atoms with Crippen molar-refractivity contribution in [2.45, 2.75) is 0 Å². The topological polar surface area (TPSA) is 86.2 Å². The van der Waals surface area contributed by atoms with Crippen molar-refractivity contribution in [3.05, 3.63) is 83.8 Å². The number of anilines is 1. The van der Waals surface area contributed by atoms with Crippen molar-refractivity contribution >= 4 is 23.2 Å². The summed E-state index contributed by atoms with van der Waals surface area (Å²) in [6.07, 6.45) is 4.81. The van der Waals surface area contributed by atoms with Gasteiger partial charge in [0.2, 0.25) is 0 Å². The molecule has 4 aromatic rings. The lowest BCUT2D eigenvalue weighted by Crippen LogP contribution is -2.15. The second kappa shape index (κ2) is 9.45. The molecule has 0 saturated carbocycles. The first-order valence-electron chi connectivity index (χ1n) is 9.66. The number of carbonyl (C=O) groups excluding carboxylic acids is 1. The molecule has 0 aliphatic carbocycles. The van der Waals surface area contributed by atoms with Crippen LogP contribution in [-0.4, -0.2) is 35.1 Å². The molecule has 1 amide bonds. The van der Waals surface area contributed by atoms with E-state index in [0.29, 0.717) is 33.5 Å². The lowest BCUT2D eigenvalue weighted by Gasteiger charge is -2.12. The Morgan fingerprint density at radius 1 is 0.938 bits per heavy atom. The summed E-state index contributed by atoms with van der Waals surface area (Å²) in [5.74, 6) is 1.38. The predicted octanol–water partition coefficient (Wildman–Crippen LogP) is 5.13. The Kier molecular flexibility index (Phi) is 6.28. The lowest BCUT2D eigenvalue weighted by molar-refractivity contribution is 0.102. The number of nitrogens with zero attached hydrogens (tertiary/aromatic N) is 3. The van der Waals surface area contributed by atoms with E-state index < -0.39 is 0 Å². The number of hydrogen-bond acceptors (Lipinski definition) is 6. The first-order chi connectivity index (χ1) is 15.6. The Balaban J connectivity index is 1.72. The van der Waals surface area contributed by atoms with Gasteiger partial charge in [-0.25, -0.2) is 9.97 Å². The Hall–Kier alpha value is -3.97. The average molecular weight is 447 g/mol. The molecule has 1 N–H and O–H groups in total. The smallest absolute Gasteiger partial charge is 0.259 e. The summed E-state index contributed by atoms with van der Waals surface area (Å²) in [7, 11) is 3.14. The lowest BCUT2D eigenvalue weighted by atomic mass is 10.1. The first kappa shape index (κ1) is 21.3. The van der Waals surface area contributed by atoms with E-state index in [-0.39, 0.29) is 5.91 Å². The fourth-order valence-corrected chi connectivity index (χ4v) is 3.36. The highest BCUT2D eigenvalue weighted by Crippen LogP contribution is 2.29. The summed E-state index contributed by atoms with van der Waals surface area (Å²) in [4.78, 5) is 26.3. The van der Waals surface area contributed by atoms with Crippen LogP contribution in [0.1, 0.15) is 10.4 Å². The summed E-state index contributed by atoms with van der Waals surface area (Å²) in [6, 6.07) is 16.0. The Morgan fingerprint density at radius 2 is 1.69 bits per heavy atom. The van der Waals surface area contributed by atoms with Gasteiger partial charge in [0.15, 0.2) is 5.82 Å². The van der Waals surface area contributed by atoms with Gasteiger partial charge < -0.3 is 14.8 Å². The monoisotopic (exact) mass is 446 g/mol. The Bertz CT molecular complexity index is 1250. The van der Waals surface area contributed by atoms with Crippen molar-refractivity contribution in [1.29, 1.82) is 0 Å². The standard InChI is InChI=1S/C24H19ClN4O3/c1-31-18-6-3-16(4-7-18)23-27-14-19(22(29-23)15-9-11-26-12-10-15)24(30)28-17-5-8-21(32-2)20(25)13-17/h3-14H,1-2H3,(H,28,30). The zero-order chi connectivity index (χ0) is 22.5. The summed E-state index contributed by atoms with van der Waals surface area (Å²) >= 11 is 6.18. The largest absolute Gasteiger partial charge is 0.497 e. The molecule has 160 valence electrons. The molecule has 4 rings (SSSR count). The predicted molar refractivity (Wildman–Crippen MR) is 123 cm³/mol. The molecule has 0 fully saturated rings. The molecule has 2 aromatic heterocycles. The number of rotatable bonds is 6. The third kappa shape index (κ3) is 4.53. The molecule has 0 saturated heterocycles. The third-order valence-corrected chi connectivity index (χ3v) is 5.04. The number of hydrogen-bond donors (Lipinski definition) is 1. The molecular weight excluding hydrogens is 428 g/mol. The van der Waals surface area contributed by atoms with E-state index >= 15 is 0 Å². The number of nitrogens with one attached hydrogen (secondary N) is 1. The molecule has 2 heterocycles. The van der Waals surface area contributed by atoms with Gasteiger partial charge in [-0.15, -0.1) is 0 Å². The van der Waals surface area contributed by atoms with Crippen LogP contribution in [0.3, 0.4) is 0 Å². The number of methoxy groups -OCH3 is 2. The molecular formula is C24H19ClN4O3. The van der Waals surface area contributed by atoms with Gasteiger partial charge in [-0.3, -0.25) is 9.78 Å². The molecule has 0 spiro atoms. The van der Waals surface area contributed by atoms with Crippen LogP contribution >= 0.6 is 11.6 Å². The van der Waals surface area contributed by atoms with Crippen LogP contribution in [0.25, 0.3) is 22.6 Å². The van der Waals surface area contributed by atoms with Gasteiger partial charge in [-0.2, -0.15) is 0 Å². The van der Waals surface area contributed by atoms with E-state index in [4.69, 9.17) is 21.1 Å². The van der Waals surface area contributed by atoms with Gasteiger partial charge in [0.25, 0.3) is 5.91 Å². The molecule has 0 atom stereocenters. The van der Waals surface area contributed by atoms with Gasteiger partial charge in [-0.05, 0) is 54.6 Å². The number of pyridine rings is 1. The fraction of sp³-hybridized carbons (Fsp3) is 0.0833. The van der Waals surface area contributed by atoms with Crippen molar-refractivity contribution in [1.82, 2.24) is 15.0 Å². The Labute approximate surface area is 190 Å². The highest BCUT2D eigenvalue weighted by Gasteiger charge is 2.18. The minimum Gasteiger partial charge on any atom is -0.497 e. The van der Waals surface area contributed by atoms with Crippen LogP contribution in [0.5, 0.6) is 11.5 Å². The SMILES string of the molecule is COc1ccc(-c2ncc(C(=O)Nc3ccc(OC)c(Cl)c3)c(-c3ccncc3)n2)cc1. The minimum absolute atomic E-state index is 0.320. The van der Waals surface area contributed by atoms with Gasteiger partial charge in [0, 0.05) is 35.4 Å². The van der Waals surface area contributed by atoms with E-state index in [1.54, 1.807) is 49.8 Å². The average Bonchev–Trinajstić information content (AvgIpc) is 2.84. The van der Waals surface area contributed by atoms with Gasteiger partial charge in [-0.1, -0.05) is 11.6 Å². The van der Waals surface area contributed by atoms with E-state index in [9.17, 15) is 4.79 Å². The summed E-state index contributed by atoms with van der Waals surface area (Å²) < 4.78 is 10.4. The zero-order valence-corrected chi connectivity index (χ0v) is 18.1. The molecule has 0 aliphatic heterocycles. The second-order valence-corrected chi connectivity index (χ2v) is 7.13. The molecule has 8 heteroatoms. The summed E-state index contributed by atoms with van der Waals surface area (Å²) in [5, 5.41) is 3.24. The van der Waals surface area contributed by atoms with Crippen LogP contribution in [0.15, 0.2) is 73.2 Å². The van der Waals surface area contributed by atoms with Crippen molar-refractivity contribution in [3.63, 3.8) is 0 Å². The van der Waals surface area contributed by atoms with Gasteiger partial charge in [0.05, 0.1) is 30.5 Å². The highest BCUT2D eigenvalue weighted by atomic mass is 35.5. The minimum atomic E-state index is -0.362. The van der Waals surface area contributed by atoms with Crippen molar-refractivity contribution < 1.29 is 14.3 Å². The molecule has 32 heavy (non-hydrogen) atoms. The van der Waals surface area contributed by atoms with Crippen LogP contribution in [0.2, 0.25) is 5.02 Å². The van der Waals surface area contributed by atoms with E-state index in [1.165, 1.54) is 13.3 Å². The molecule has 0 aliphatic rings. The molecule has 7 nitrogen and oxygen atoms in total. The van der Waals surface area contributed by atoms with E-state index in [0.717, 1.165) is 16.9 Å². The Morgan fingerprint density at radius 3 is 2.34 bits per heavy atom. The van der Waals surface area contributed by atoms with Crippen LogP contribution < -0.4 is 14.8 Å². The number of ether oxygens (including phenoxy) is 2. The number of benzene rings is 2. The van der Waals surface area contributed by atoms with Gasteiger partial charge >= 0.3 is 0 Å². The van der Waals surface area contributed by atoms with E-state index in [1.807, 2.05) is 24.3 Å². The first-order valence-corrected chi connectivity index (χ1v) is 10.0. The van der Waals surface area contributed by atoms with Gasteiger partial charge in [0.1, 0.15) is 11.5 Å². The zero-order valence-electron chi connectivity index (χ0n) is 17.4. The molecule has 0 radical (unpaired) electrons. The van der Waals surface area contributed by atoms with E-state index in [2.05, 4.69) is 20.3 Å². The number of aromatic nitrogens is 3. The van der Waals surface area contributed by atoms with Crippen LogP contribution in [-0.2, 0) is 0 Å². The number of amides is 1. The second-order valence-electron chi connectivity index (χ2n) is 6.72. The maximum atomic E-state index is 13.1. The maximum absolute atomic E-state index is 13.1. The number of halogens is 1. The third-order valence-electron chi connectivity index (χ3n) is 4.75.